The summed E-state index contributed by atoms with van der Waals surface area (Å²) in [5.41, 5.74) is 4.95. The Hall–Kier alpha value is -1.83. The van der Waals surface area contributed by atoms with Crippen LogP contribution in [0, 0.1) is 0 Å². The largest absolute Gasteiger partial charge is 0.480 e. The Morgan fingerprint density at radius 3 is 2.15 bits per heavy atom. The van der Waals surface area contributed by atoms with E-state index in [1.54, 1.807) is 0 Å². The minimum atomic E-state index is -1.37. The third-order valence-electron chi connectivity index (χ3n) is 2.99. The van der Waals surface area contributed by atoms with Gasteiger partial charge in [-0.15, -0.1) is 0 Å². The van der Waals surface area contributed by atoms with E-state index >= 15 is 0 Å². The number of nitrogens with zero attached hydrogens (tertiary/aromatic N) is 1. The number of hydrogen-bond donors (Lipinski definition) is 4. The molecule has 0 fully saturated rings. The minimum Gasteiger partial charge on any atom is -0.480 e. The van der Waals surface area contributed by atoms with Crippen LogP contribution < -0.4 is 11.1 Å². The molecule has 8 heteroatoms. The van der Waals surface area contributed by atoms with Crippen molar-refractivity contribution in [1.29, 1.82) is 0 Å². The number of nitrogens with one attached hydrogen (secondary N) is 1. The Balaban J connectivity index is 4.87. The highest BCUT2D eigenvalue weighted by Gasteiger charge is 2.27. The van der Waals surface area contributed by atoms with Gasteiger partial charge in [0.25, 0.3) is 0 Å². The van der Waals surface area contributed by atoms with Crippen LogP contribution in [0.5, 0.6) is 0 Å². The number of urea groups is 1. The van der Waals surface area contributed by atoms with E-state index in [0.717, 1.165) is 0 Å². The molecule has 0 bridgehead atoms. The molecule has 0 saturated heterocycles. The molecule has 0 rings (SSSR count). The van der Waals surface area contributed by atoms with E-state index in [4.69, 9.17) is 15.9 Å². The van der Waals surface area contributed by atoms with Gasteiger partial charge >= 0.3 is 12.0 Å². The fraction of sp³-hybridized carbons (Fsp3) is 0.750. The maximum Gasteiger partial charge on any atom is 0.326 e. The summed E-state index contributed by atoms with van der Waals surface area (Å²) in [5, 5.41) is 20.2. The van der Waals surface area contributed by atoms with Gasteiger partial charge < -0.3 is 26.2 Å². The van der Waals surface area contributed by atoms with Crippen molar-refractivity contribution in [3.63, 3.8) is 0 Å². The molecule has 116 valence electrons. The van der Waals surface area contributed by atoms with Crippen molar-refractivity contribution >= 4 is 17.9 Å². The summed E-state index contributed by atoms with van der Waals surface area (Å²) in [7, 11) is 0. The van der Waals surface area contributed by atoms with Crippen molar-refractivity contribution < 1.29 is 24.6 Å². The summed E-state index contributed by atoms with van der Waals surface area (Å²) in [6, 6.07) is -2.10. The van der Waals surface area contributed by atoms with Gasteiger partial charge in [-0.2, -0.15) is 0 Å². The second-order valence-corrected chi connectivity index (χ2v) is 4.40. The van der Waals surface area contributed by atoms with Crippen LogP contribution >= 0.6 is 0 Å². The van der Waals surface area contributed by atoms with E-state index in [-0.39, 0.29) is 19.2 Å². The van der Waals surface area contributed by atoms with E-state index in [2.05, 4.69) is 5.32 Å². The number of aliphatic hydroxyl groups is 1. The number of primary amides is 1. The highest BCUT2D eigenvalue weighted by molar-refractivity contribution is 5.87. The number of nitrogens with two attached hydrogens (primary N) is 1. The fourth-order valence-electron chi connectivity index (χ4n) is 1.92. The molecule has 0 aliphatic heterocycles. The average Bonchev–Trinajstić information content (AvgIpc) is 2.37. The first kappa shape index (κ1) is 18.2. The molecule has 0 aromatic rings. The second kappa shape index (κ2) is 9.13. The van der Waals surface area contributed by atoms with Crippen LogP contribution in [0.3, 0.4) is 0 Å². The number of aliphatic carboxylic acids is 1. The van der Waals surface area contributed by atoms with Gasteiger partial charge in [-0.3, -0.25) is 4.79 Å². The number of amides is 3. The maximum atomic E-state index is 12.1. The van der Waals surface area contributed by atoms with Crippen LogP contribution in [-0.4, -0.2) is 58.3 Å². The quantitative estimate of drug-likeness (QED) is 0.454. The highest BCUT2D eigenvalue weighted by atomic mass is 16.4. The third kappa shape index (κ3) is 5.87. The number of hydrogen-bond acceptors (Lipinski definition) is 4. The first-order valence-corrected chi connectivity index (χ1v) is 6.56. The van der Waals surface area contributed by atoms with E-state index in [0.29, 0.717) is 12.8 Å². The molecule has 0 saturated carbocycles. The van der Waals surface area contributed by atoms with Crippen molar-refractivity contribution in [2.45, 2.75) is 45.2 Å². The summed E-state index contributed by atoms with van der Waals surface area (Å²) in [6.45, 7) is 3.66. The number of carboxylic acid groups (broad SMARTS) is 1. The van der Waals surface area contributed by atoms with Crippen LogP contribution in [0.1, 0.15) is 33.1 Å². The molecular formula is C12H23N3O5. The molecular weight excluding hydrogens is 266 g/mol. The van der Waals surface area contributed by atoms with Gasteiger partial charge in [0.05, 0.1) is 13.0 Å². The van der Waals surface area contributed by atoms with Gasteiger partial charge in [-0.1, -0.05) is 13.8 Å². The SMILES string of the molecule is CCC(CC)N(CCO)C(=O)N[C@@H](CC(N)=O)C(=O)O. The summed E-state index contributed by atoms with van der Waals surface area (Å²) < 4.78 is 0. The lowest BCUT2D eigenvalue weighted by Gasteiger charge is -2.31. The van der Waals surface area contributed by atoms with Crippen LogP contribution in [-0.2, 0) is 9.59 Å². The first-order valence-electron chi connectivity index (χ1n) is 6.56. The van der Waals surface area contributed by atoms with Crippen molar-refractivity contribution in [1.82, 2.24) is 10.2 Å². The number of carbonyl (C=O) groups is 3. The zero-order valence-electron chi connectivity index (χ0n) is 11.8. The zero-order chi connectivity index (χ0) is 15.7. The summed E-state index contributed by atoms with van der Waals surface area (Å²) in [6.07, 6.45) is 0.881. The molecule has 20 heavy (non-hydrogen) atoms. The molecule has 0 unspecified atom stereocenters. The number of carboxylic acids is 1. The van der Waals surface area contributed by atoms with E-state index in [1.807, 2.05) is 13.8 Å². The predicted octanol–water partition coefficient (Wildman–Crippen LogP) is -0.492. The van der Waals surface area contributed by atoms with Gasteiger partial charge in [0.2, 0.25) is 5.91 Å². The number of rotatable bonds is 9. The van der Waals surface area contributed by atoms with Crippen molar-refractivity contribution in [2.75, 3.05) is 13.2 Å². The Morgan fingerprint density at radius 1 is 1.25 bits per heavy atom. The normalized spacial score (nSPS) is 12.0. The molecule has 1 atom stereocenters. The summed E-state index contributed by atoms with van der Waals surface area (Å²) in [5.74, 6) is -2.14. The average molecular weight is 289 g/mol. The Bertz CT molecular complexity index is 344. The lowest BCUT2D eigenvalue weighted by molar-refractivity contribution is -0.141. The number of carbonyl (C=O) groups excluding carboxylic acids is 2. The molecule has 8 nitrogen and oxygen atoms in total. The van der Waals surface area contributed by atoms with Crippen molar-refractivity contribution in [3.05, 3.63) is 0 Å². The zero-order valence-corrected chi connectivity index (χ0v) is 11.8. The standard InChI is InChI=1S/C12H23N3O5/c1-3-8(4-2)15(5-6-16)12(20)14-9(11(18)19)7-10(13)17/h8-9,16H,3-7H2,1-2H3,(H2,13,17)(H,14,20)(H,18,19)/t9-/m0/s1. The second-order valence-electron chi connectivity index (χ2n) is 4.40. The molecule has 0 heterocycles. The van der Waals surface area contributed by atoms with Gasteiger partial charge in [0.1, 0.15) is 6.04 Å². The van der Waals surface area contributed by atoms with E-state index < -0.39 is 30.4 Å². The van der Waals surface area contributed by atoms with Crippen molar-refractivity contribution in [2.24, 2.45) is 5.73 Å². The van der Waals surface area contributed by atoms with E-state index in [9.17, 15) is 14.4 Å². The summed E-state index contributed by atoms with van der Waals surface area (Å²) >= 11 is 0. The molecule has 0 radical (unpaired) electrons. The molecule has 0 aromatic heterocycles. The van der Waals surface area contributed by atoms with E-state index in [1.165, 1.54) is 4.90 Å². The van der Waals surface area contributed by atoms with Gasteiger partial charge in [-0.25, -0.2) is 9.59 Å². The molecule has 0 spiro atoms. The van der Waals surface area contributed by atoms with Crippen molar-refractivity contribution in [3.8, 4) is 0 Å². The monoisotopic (exact) mass is 289 g/mol. The van der Waals surface area contributed by atoms with Crippen LogP contribution in [0.4, 0.5) is 4.79 Å². The lowest BCUT2D eigenvalue weighted by Crippen LogP contribution is -2.52. The van der Waals surface area contributed by atoms with Crippen LogP contribution in [0.15, 0.2) is 0 Å². The molecule has 0 aliphatic carbocycles. The Kier molecular flexibility index (Phi) is 8.30. The van der Waals surface area contributed by atoms with Gasteiger partial charge in [0, 0.05) is 12.6 Å². The predicted molar refractivity (Wildman–Crippen MR) is 71.9 cm³/mol. The molecule has 5 N–H and O–H groups in total. The fourth-order valence-corrected chi connectivity index (χ4v) is 1.92. The summed E-state index contributed by atoms with van der Waals surface area (Å²) in [4.78, 5) is 35.2. The molecule has 3 amide bonds. The van der Waals surface area contributed by atoms with Gasteiger partial charge in [-0.05, 0) is 12.8 Å². The maximum absolute atomic E-state index is 12.1. The minimum absolute atomic E-state index is 0.0983. The van der Waals surface area contributed by atoms with Crippen LogP contribution in [0.25, 0.3) is 0 Å². The molecule has 0 aromatic carbocycles. The topological polar surface area (TPSA) is 133 Å². The van der Waals surface area contributed by atoms with Crippen LogP contribution in [0.2, 0.25) is 0 Å². The third-order valence-corrected chi connectivity index (χ3v) is 2.99. The molecule has 0 aliphatic rings. The lowest BCUT2D eigenvalue weighted by atomic mass is 10.1. The Labute approximate surface area is 117 Å². The van der Waals surface area contributed by atoms with Gasteiger partial charge in [0.15, 0.2) is 0 Å². The Morgan fingerprint density at radius 2 is 1.80 bits per heavy atom. The smallest absolute Gasteiger partial charge is 0.326 e. The first-order chi connectivity index (χ1) is 9.37. The number of aliphatic hydroxyl groups excluding tert-OH is 1. The highest BCUT2D eigenvalue weighted by Crippen LogP contribution is 2.09.